The Balaban J connectivity index is 1.83. The van der Waals surface area contributed by atoms with Gasteiger partial charge in [-0.1, -0.05) is 30.3 Å². The van der Waals surface area contributed by atoms with Gasteiger partial charge in [-0.25, -0.2) is 0 Å². The molecule has 6 atom stereocenters. The standard InChI is InChI=1S/C15H21NO4/c17-8-11-6-12-13(18)14(19)15(11,20)9-16(12)7-10-4-2-1-3-5-10/h1-5,11-14,17-20H,6-9H2/p+1/t11-,12-,13-,14-,15-/m1/s1. The zero-order chi connectivity index (χ0) is 14.3. The molecular formula is C15H22NO4+. The van der Waals surface area contributed by atoms with Crippen molar-refractivity contribution < 1.29 is 25.3 Å². The minimum absolute atomic E-state index is 0.142. The summed E-state index contributed by atoms with van der Waals surface area (Å²) >= 11 is 0. The second kappa shape index (κ2) is 5.09. The van der Waals surface area contributed by atoms with Crippen molar-refractivity contribution in [3.8, 4) is 0 Å². The van der Waals surface area contributed by atoms with E-state index in [0.717, 1.165) is 10.5 Å². The molecule has 4 rings (SSSR count). The van der Waals surface area contributed by atoms with E-state index in [4.69, 9.17) is 0 Å². The van der Waals surface area contributed by atoms with Gasteiger partial charge in [0.2, 0.25) is 0 Å². The maximum Gasteiger partial charge on any atom is 0.147 e. The second-order valence-electron chi connectivity index (χ2n) is 6.15. The van der Waals surface area contributed by atoms with Crippen molar-refractivity contribution in [2.45, 2.75) is 36.8 Å². The van der Waals surface area contributed by atoms with E-state index < -0.39 is 17.8 Å². The average Bonchev–Trinajstić information content (AvgIpc) is 2.45. The Kier molecular flexibility index (Phi) is 3.56. The van der Waals surface area contributed by atoms with E-state index in [1.165, 1.54) is 0 Å². The van der Waals surface area contributed by atoms with Crippen LogP contribution in [0, 0.1) is 5.92 Å². The Morgan fingerprint density at radius 2 is 1.90 bits per heavy atom. The van der Waals surface area contributed by atoms with Gasteiger partial charge >= 0.3 is 0 Å². The van der Waals surface area contributed by atoms with Gasteiger partial charge in [-0.3, -0.25) is 0 Å². The lowest BCUT2D eigenvalue weighted by Gasteiger charge is -2.55. The summed E-state index contributed by atoms with van der Waals surface area (Å²) in [5.74, 6) is -0.356. The Labute approximate surface area is 118 Å². The molecule has 2 bridgehead atoms. The number of hydrogen-bond donors (Lipinski definition) is 5. The number of aliphatic hydroxyl groups is 4. The van der Waals surface area contributed by atoms with Gasteiger partial charge in [0.15, 0.2) is 0 Å². The maximum atomic E-state index is 10.7. The summed E-state index contributed by atoms with van der Waals surface area (Å²) < 4.78 is 0. The molecule has 1 aliphatic carbocycles. The fraction of sp³-hybridized carbons (Fsp3) is 0.600. The number of hydrogen-bond acceptors (Lipinski definition) is 4. The molecule has 1 aromatic rings. The Morgan fingerprint density at radius 3 is 2.55 bits per heavy atom. The monoisotopic (exact) mass is 280 g/mol. The van der Waals surface area contributed by atoms with Gasteiger partial charge in [0.05, 0.1) is 0 Å². The number of fused-ring (bicyclic) bond motifs is 3. The lowest BCUT2D eigenvalue weighted by atomic mass is 9.65. The third kappa shape index (κ3) is 2.06. The Hall–Kier alpha value is -0.980. The molecule has 1 aromatic carbocycles. The van der Waals surface area contributed by atoms with Crippen LogP contribution in [-0.2, 0) is 6.54 Å². The maximum absolute atomic E-state index is 10.7. The first kappa shape index (κ1) is 14.0. The quantitative estimate of drug-likeness (QED) is 0.440. The molecule has 2 saturated heterocycles. The third-order valence-corrected chi connectivity index (χ3v) is 5.02. The van der Waals surface area contributed by atoms with Crippen LogP contribution in [0.1, 0.15) is 12.0 Å². The molecule has 5 heteroatoms. The minimum atomic E-state index is -1.40. The minimum Gasteiger partial charge on any atom is -0.396 e. The number of nitrogens with one attached hydrogen (secondary N) is 1. The molecule has 5 N–H and O–H groups in total. The van der Waals surface area contributed by atoms with E-state index in [2.05, 4.69) is 0 Å². The van der Waals surface area contributed by atoms with Crippen LogP contribution < -0.4 is 4.90 Å². The van der Waals surface area contributed by atoms with E-state index in [1.54, 1.807) is 0 Å². The summed E-state index contributed by atoms with van der Waals surface area (Å²) in [6.07, 6.45) is -1.57. The normalized spacial score (nSPS) is 43.7. The van der Waals surface area contributed by atoms with Crippen molar-refractivity contribution in [2.75, 3.05) is 13.2 Å². The fourth-order valence-corrected chi connectivity index (χ4v) is 3.84. The summed E-state index contributed by atoms with van der Waals surface area (Å²) in [5.41, 5.74) is -0.256. The van der Waals surface area contributed by atoms with Crippen molar-refractivity contribution in [2.24, 2.45) is 5.92 Å². The van der Waals surface area contributed by atoms with Crippen molar-refractivity contribution >= 4 is 0 Å². The molecule has 1 saturated carbocycles. The molecule has 1 unspecified atom stereocenters. The smallest absolute Gasteiger partial charge is 0.147 e. The molecular weight excluding hydrogens is 258 g/mol. The zero-order valence-corrected chi connectivity index (χ0v) is 11.3. The predicted molar refractivity (Wildman–Crippen MR) is 71.9 cm³/mol. The molecule has 3 fully saturated rings. The molecule has 110 valence electrons. The second-order valence-corrected chi connectivity index (χ2v) is 6.15. The van der Waals surface area contributed by atoms with E-state index in [9.17, 15) is 20.4 Å². The summed E-state index contributed by atoms with van der Waals surface area (Å²) in [5, 5.41) is 40.3. The highest BCUT2D eigenvalue weighted by Gasteiger charge is 2.62. The van der Waals surface area contributed by atoms with Gasteiger partial charge in [0.1, 0.15) is 36.9 Å². The largest absolute Gasteiger partial charge is 0.396 e. The molecule has 5 nitrogen and oxygen atoms in total. The molecule has 0 amide bonds. The summed E-state index contributed by atoms with van der Waals surface area (Å²) in [7, 11) is 0. The first-order valence-electron chi connectivity index (χ1n) is 7.14. The van der Waals surface area contributed by atoms with Crippen molar-refractivity contribution in [1.29, 1.82) is 0 Å². The topological polar surface area (TPSA) is 85.4 Å². The van der Waals surface area contributed by atoms with E-state index in [0.29, 0.717) is 19.5 Å². The molecule has 0 spiro atoms. The van der Waals surface area contributed by atoms with Gasteiger partial charge < -0.3 is 25.3 Å². The first-order valence-corrected chi connectivity index (χ1v) is 7.14. The number of rotatable bonds is 3. The molecule has 0 radical (unpaired) electrons. The SMILES string of the molecule is OC[C@H]1C[C@@H]2[C@@H](O)[C@@H](O)[C@@]1(O)C[NH+]2Cc1ccccc1. The highest BCUT2D eigenvalue weighted by molar-refractivity contribution is 5.14. The summed E-state index contributed by atoms with van der Waals surface area (Å²) in [6, 6.07) is 9.78. The molecule has 0 aromatic heterocycles. The average molecular weight is 280 g/mol. The lowest BCUT2D eigenvalue weighted by molar-refractivity contribution is -0.964. The summed E-state index contributed by atoms with van der Waals surface area (Å²) in [4.78, 5) is 1.07. The third-order valence-electron chi connectivity index (χ3n) is 5.02. The zero-order valence-electron chi connectivity index (χ0n) is 11.3. The number of piperidine rings is 2. The van der Waals surface area contributed by atoms with E-state index in [-0.39, 0.29) is 18.6 Å². The molecule has 2 aliphatic heterocycles. The highest BCUT2D eigenvalue weighted by atomic mass is 16.4. The van der Waals surface area contributed by atoms with Crippen molar-refractivity contribution in [1.82, 2.24) is 0 Å². The molecule has 2 heterocycles. The Bertz CT molecular complexity index is 464. The van der Waals surface area contributed by atoms with Crippen LogP contribution >= 0.6 is 0 Å². The van der Waals surface area contributed by atoms with Gasteiger partial charge in [0.25, 0.3) is 0 Å². The van der Waals surface area contributed by atoms with E-state index >= 15 is 0 Å². The lowest BCUT2D eigenvalue weighted by Crippen LogP contribution is -3.22. The van der Waals surface area contributed by atoms with Crippen LogP contribution in [0.4, 0.5) is 0 Å². The van der Waals surface area contributed by atoms with Crippen LogP contribution in [0.25, 0.3) is 0 Å². The van der Waals surface area contributed by atoms with Gasteiger partial charge in [0, 0.05) is 24.5 Å². The van der Waals surface area contributed by atoms with Crippen LogP contribution in [0.3, 0.4) is 0 Å². The predicted octanol–water partition coefficient (Wildman–Crippen LogP) is -2.08. The van der Waals surface area contributed by atoms with Crippen LogP contribution in [-0.4, -0.2) is 57.4 Å². The molecule has 3 aliphatic rings. The number of aliphatic hydroxyl groups excluding tert-OH is 3. The van der Waals surface area contributed by atoms with Crippen LogP contribution in [0.15, 0.2) is 30.3 Å². The van der Waals surface area contributed by atoms with Crippen molar-refractivity contribution in [3.63, 3.8) is 0 Å². The van der Waals surface area contributed by atoms with Crippen molar-refractivity contribution in [3.05, 3.63) is 35.9 Å². The fourth-order valence-electron chi connectivity index (χ4n) is 3.84. The number of quaternary nitrogens is 1. The summed E-state index contributed by atoms with van der Waals surface area (Å²) in [6.45, 7) is 0.904. The highest BCUT2D eigenvalue weighted by Crippen LogP contribution is 2.36. The Morgan fingerprint density at radius 1 is 1.20 bits per heavy atom. The van der Waals surface area contributed by atoms with Gasteiger partial charge in [-0.05, 0) is 0 Å². The molecule has 20 heavy (non-hydrogen) atoms. The number of benzene rings is 1. The van der Waals surface area contributed by atoms with Crippen LogP contribution in [0.5, 0.6) is 0 Å². The first-order chi connectivity index (χ1) is 9.56. The van der Waals surface area contributed by atoms with E-state index in [1.807, 2.05) is 30.3 Å². The van der Waals surface area contributed by atoms with Gasteiger partial charge in [-0.15, -0.1) is 0 Å². The van der Waals surface area contributed by atoms with Gasteiger partial charge in [-0.2, -0.15) is 0 Å². The van der Waals surface area contributed by atoms with Crippen LogP contribution in [0.2, 0.25) is 0 Å².